The Bertz CT molecular complexity index is 1190. The number of hydrogen-bond donors (Lipinski definition) is 1. The number of rotatable bonds is 8. The van der Waals surface area contributed by atoms with Gasteiger partial charge >= 0.3 is 0 Å². The smallest absolute Gasteiger partial charge is 0.226 e. The molecular weight excluding hydrogens is 429 g/mol. The minimum Gasteiger partial charge on any atom is -0.370 e. The molecule has 0 unspecified atom stereocenters. The first-order chi connectivity index (χ1) is 15.0. The number of amides is 1. The van der Waals surface area contributed by atoms with E-state index in [1.54, 1.807) is 26.9 Å². The third-order valence-electron chi connectivity index (χ3n) is 5.14. The highest BCUT2D eigenvalue weighted by molar-refractivity contribution is 7.08. The van der Waals surface area contributed by atoms with Crippen LogP contribution in [0.3, 0.4) is 0 Å². The molecular formula is C22H23BClN5OS. The van der Waals surface area contributed by atoms with E-state index in [9.17, 15) is 4.79 Å². The summed E-state index contributed by atoms with van der Waals surface area (Å²) in [6.07, 6.45) is 3.07. The number of nitrogens with one attached hydrogen (secondary N) is 1. The van der Waals surface area contributed by atoms with Gasteiger partial charge in [0.05, 0.1) is 12.1 Å². The minimum atomic E-state index is 0.133. The van der Waals surface area contributed by atoms with Gasteiger partial charge in [-0.2, -0.15) is 21.0 Å². The van der Waals surface area contributed by atoms with Crippen molar-refractivity contribution in [3.63, 3.8) is 0 Å². The Morgan fingerprint density at radius 3 is 2.94 bits per heavy atom. The number of hydrogen-bond acceptors (Lipinski definition) is 5. The lowest BCUT2D eigenvalue weighted by molar-refractivity contribution is -0.129. The SMILES string of the molecule is Bc1cnn2c(NCCCN(C)C(=O)Cc3ccsc3)cc(-c3ccccc3Cl)nc12. The lowest BCUT2D eigenvalue weighted by Crippen LogP contribution is -2.30. The summed E-state index contributed by atoms with van der Waals surface area (Å²) in [6, 6.07) is 11.6. The fourth-order valence-corrected chi connectivity index (χ4v) is 4.27. The lowest BCUT2D eigenvalue weighted by atomic mass is 10.0. The zero-order valence-corrected chi connectivity index (χ0v) is 19.1. The van der Waals surface area contributed by atoms with Gasteiger partial charge in [-0.25, -0.2) is 4.98 Å². The van der Waals surface area contributed by atoms with Gasteiger partial charge < -0.3 is 10.2 Å². The highest BCUT2D eigenvalue weighted by atomic mass is 35.5. The van der Waals surface area contributed by atoms with E-state index in [0.29, 0.717) is 24.5 Å². The normalized spacial score (nSPS) is 11.0. The molecule has 1 amide bonds. The van der Waals surface area contributed by atoms with Crippen LogP contribution in [-0.4, -0.2) is 53.4 Å². The molecule has 31 heavy (non-hydrogen) atoms. The molecule has 0 radical (unpaired) electrons. The second kappa shape index (κ2) is 9.53. The Morgan fingerprint density at radius 1 is 1.32 bits per heavy atom. The Hall–Kier alpha value is -2.84. The first-order valence-electron chi connectivity index (χ1n) is 10.1. The van der Waals surface area contributed by atoms with Gasteiger partial charge in [0, 0.05) is 43.0 Å². The Kier molecular flexibility index (Phi) is 6.58. The molecule has 0 saturated carbocycles. The molecule has 1 N–H and O–H groups in total. The van der Waals surface area contributed by atoms with E-state index in [0.717, 1.165) is 40.2 Å². The fourth-order valence-electron chi connectivity index (χ4n) is 3.37. The Labute approximate surface area is 191 Å². The van der Waals surface area contributed by atoms with Crippen molar-refractivity contribution in [2.24, 2.45) is 0 Å². The van der Waals surface area contributed by atoms with Gasteiger partial charge in [0.25, 0.3) is 0 Å². The van der Waals surface area contributed by atoms with Crippen molar-refractivity contribution in [1.82, 2.24) is 19.5 Å². The van der Waals surface area contributed by atoms with Crippen molar-refractivity contribution < 1.29 is 4.79 Å². The van der Waals surface area contributed by atoms with Crippen molar-refractivity contribution in [2.75, 3.05) is 25.5 Å². The first kappa shape index (κ1) is 21.4. The first-order valence-corrected chi connectivity index (χ1v) is 11.4. The number of thiophene rings is 1. The Morgan fingerprint density at radius 2 is 2.16 bits per heavy atom. The molecule has 0 saturated heterocycles. The summed E-state index contributed by atoms with van der Waals surface area (Å²) in [4.78, 5) is 18.9. The summed E-state index contributed by atoms with van der Waals surface area (Å²) < 4.78 is 1.81. The molecule has 0 atom stereocenters. The highest BCUT2D eigenvalue weighted by Gasteiger charge is 2.13. The zero-order chi connectivity index (χ0) is 21.8. The molecule has 3 aromatic heterocycles. The quantitative estimate of drug-likeness (QED) is 0.330. The second-order valence-corrected chi connectivity index (χ2v) is 8.66. The highest BCUT2D eigenvalue weighted by Crippen LogP contribution is 2.28. The number of anilines is 1. The van der Waals surface area contributed by atoms with Crippen LogP contribution in [-0.2, 0) is 11.2 Å². The number of likely N-dealkylation sites (N-methyl/N-ethyl adjacent to an activating group) is 1. The predicted octanol–water partition coefficient (Wildman–Crippen LogP) is 2.87. The Balaban J connectivity index is 1.43. The fraction of sp³-hybridized carbons (Fsp3) is 0.227. The largest absolute Gasteiger partial charge is 0.370 e. The maximum atomic E-state index is 12.4. The summed E-state index contributed by atoms with van der Waals surface area (Å²) in [7, 11) is 3.84. The molecule has 4 rings (SSSR count). The number of halogens is 1. The second-order valence-electron chi connectivity index (χ2n) is 7.47. The zero-order valence-electron chi connectivity index (χ0n) is 17.5. The third-order valence-corrected chi connectivity index (χ3v) is 6.20. The van der Waals surface area contributed by atoms with E-state index in [4.69, 9.17) is 16.6 Å². The number of fused-ring (bicyclic) bond motifs is 1. The van der Waals surface area contributed by atoms with Crippen molar-refractivity contribution in [1.29, 1.82) is 0 Å². The number of benzene rings is 1. The van der Waals surface area contributed by atoms with Gasteiger partial charge in [0.1, 0.15) is 13.7 Å². The van der Waals surface area contributed by atoms with Gasteiger partial charge in [-0.1, -0.05) is 29.8 Å². The maximum absolute atomic E-state index is 12.4. The molecule has 0 bridgehead atoms. The van der Waals surface area contributed by atoms with Gasteiger partial charge in [-0.3, -0.25) is 4.79 Å². The molecule has 0 aliphatic carbocycles. The molecule has 0 fully saturated rings. The van der Waals surface area contributed by atoms with Crippen LogP contribution in [0.2, 0.25) is 5.02 Å². The van der Waals surface area contributed by atoms with E-state index in [1.807, 2.05) is 62.1 Å². The van der Waals surface area contributed by atoms with Crippen LogP contribution in [0.15, 0.2) is 53.4 Å². The summed E-state index contributed by atoms with van der Waals surface area (Å²) >= 11 is 8.01. The average Bonchev–Trinajstić information content (AvgIpc) is 3.41. The van der Waals surface area contributed by atoms with E-state index in [1.165, 1.54) is 0 Å². The van der Waals surface area contributed by atoms with Crippen LogP contribution in [0.5, 0.6) is 0 Å². The molecule has 3 heterocycles. The lowest BCUT2D eigenvalue weighted by Gasteiger charge is -2.17. The van der Waals surface area contributed by atoms with Crippen LogP contribution in [0, 0.1) is 0 Å². The van der Waals surface area contributed by atoms with E-state index in [-0.39, 0.29) is 5.91 Å². The number of carbonyl (C=O) groups excluding carboxylic acids is 1. The summed E-state index contributed by atoms with van der Waals surface area (Å²) in [5.74, 6) is 0.980. The number of carbonyl (C=O) groups is 1. The van der Waals surface area contributed by atoms with Crippen LogP contribution >= 0.6 is 22.9 Å². The van der Waals surface area contributed by atoms with Crippen LogP contribution in [0.25, 0.3) is 16.9 Å². The van der Waals surface area contributed by atoms with Gasteiger partial charge in [-0.05, 0) is 40.3 Å². The molecule has 0 spiro atoms. The van der Waals surface area contributed by atoms with E-state index < -0.39 is 0 Å². The third kappa shape index (κ3) is 4.91. The maximum Gasteiger partial charge on any atom is 0.226 e. The summed E-state index contributed by atoms with van der Waals surface area (Å²) in [5.41, 5.74) is 4.54. The molecule has 4 aromatic rings. The van der Waals surface area contributed by atoms with Gasteiger partial charge in [0.2, 0.25) is 5.91 Å². The van der Waals surface area contributed by atoms with Crippen LogP contribution in [0.4, 0.5) is 5.82 Å². The predicted molar refractivity (Wildman–Crippen MR) is 130 cm³/mol. The standard InChI is InChI=1S/C22H23BClN5OS/c1-28(21(30)11-15-7-10-31-14-15)9-4-8-25-20-12-19(16-5-2-3-6-18(16)24)27-22-17(23)13-26-29(20)22/h2-3,5-7,10,12-14,25H,4,8-9,11,23H2,1H3. The van der Waals surface area contributed by atoms with Crippen molar-refractivity contribution >= 4 is 53.6 Å². The summed E-state index contributed by atoms with van der Waals surface area (Å²) in [5, 5.41) is 12.6. The molecule has 0 aliphatic rings. The van der Waals surface area contributed by atoms with Gasteiger partial charge in [-0.15, -0.1) is 0 Å². The van der Waals surface area contributed by atoms with Crippen molar-refractivity contribution in [3.05, 3.63) is 63.9 Å². The van der Waals surface area contributed by atoms with Crippen LogP contribution in [0.1, 0.15) is 12.0 Å². The van der Waals surface area contributed by atoms with Crippen LogP contribution < -0.4 is 10.8 Å². The van der Waals surface area contributed by atoms with E-state index >= 15 is 0 Å². The topological polar surface area (TPSA) is 62.5 Å². The number of nitrogens with zero attached hydrogens (tertiary/aromatic N) is 4. The molecule has 9 heteroatoms. The minimum absolute atomic E-state index is 0.133. The average molecular weight is 452 g/mol. The number of aromatic nitrogens is 3. The van der Waals surface area contributed by atoms with Crippen molar-refractivity contribution in [2.45, 2.75) is 12.8 Å². The molecule has 158 valence electrons. The van der Waals surface area contributed by atoms with E-state index in [2.05, 4.69) is 10.4 Å². The monoisotopic (exact) mass is 451 g/mol. The molecule has 0 aliphatic heterocycles. The van der Waals surface area contributed by atoms with Crippen molar-refractivity contribution in [3.8, 4) is 11.3 Å². The molecule has 1 aromatic carbocycles. The van der Waals surface area contributed by atoms with Gasteiger partial charge in [0.15, 0.2) is 5.65 Å². The molecule has 6 nitrogen and oxygen atoms in total. The summed E-state index contributed by atoms with van der Waals surface area (Å²) in [6.45, 7) is 1.38.